The second kappa shape index (κ2) is 2.16. The van der Waals surface area contributed by atoms with Gasteiger partial charge >= 0.3 is 0 Å². The number of aromatic amines is 1. The largest absolute Gasteiger partial charge is 0.386 e. The quantitative estimate of drug-likeness (QED) is 0.623. The molecule has 2 nitrogen and oxygen atoms in total. The molecule has 0 aromatic carbocycles. The molecule has 0 aliphatic heterocycles. The average molecular weight is 162 g/mol. The van der Waals surface area contributed by atoms with Crippen molar-refractivity contribution in [2.45, 2.75) is 13.8 Å². The Balaban J connectivity index is 2.71. The van der Waals surface area contributed by atoms with Gasteiger partial charge in [-0.15, -0.1) is 0 Å². The lowest BCUT2D eigenvalue weighted by molar-refractivity contribution is 0.723. The molecule has 2 heteroatoms. The lowest BCUT2D eigenvalue weighted by atomic mass is 9.96. The van der Waals surface area contributed by atoms with Crippen molar-refractivity contribution in [3.63, 3.8) is 0 Å². The van der Waals surface area contributed by atoms with Gasteiger partial charge in [-0.1, -0.05) is 26.0 Å². The van der Waals surface area contributed by atoms with E-state index in [-0.39, 0.29) is 5.41 Å². The van der Waals surface area contributed by atoms with E-state index < -0.39 is 0 Å². The molecule has 1 heterocycles. The van der Waals surface area contributed by atoms with E-state index in [0.717, 1.165) is 0 Å². The monoisotopic (exact) mass is 162 g/mol. The van der Waals surface area contributed by atoms with Crippen LogP contribution in [0, 0.1) is 5.41 Å². The van der Waals surface area contributed by atoms with Crippen molar-refractivity contribution < 1.29 is 0 Å². The molecule has 1 aliphatic carbocycles. The van der Waals surface area contributed by atoms with E-state index in [9.17, 15) is 0 Å². The predicted molar refractivity (Wildman–Crippen MR) is 52.3 cm³/mol. The summed E-state index contributed by atoms with van der Waals surface area (Å²) in [4.78, 5) is 3.24. The first-order chi connectivity index (χ1) is 5.62. The molecule has 12 heavy (non-hydrogen) atoms. The summed E-state index contributed by atoms with van der Waals surface area (Å²) >= 11 is 0. The van der Waals surface area contributed by atoms with Gasteiger partial charge in [-0.2, -0.15) is 0 Å². The molecular formula is C10H14N2. The molecule has 0 bridgehead atoms. The van der Waals surface area contributed by atoms with Crippen molar-refractivity contribution in [1.29, 1.82) is 0 Å². The van der Waals surface area contributed by atoms with E-state index in [1.165, 1.54) is 16.3 Å². The number of nitrogens with one attached hydrogen (secondary N) is 2. The van der Waals surface area contributed by atoms with Crippen LogP contribution in [0.4, 0.5) is 5.69 Å². The fourth-order valence-electron chi connectivity index (χ4n) is 1.72. The average Bonchev–Trinajstić information content (AvgIpc) is 2.42. The lowest BCUT2D eigenvalue weighted by Crippen LogP contribution is -2.20. The highest BCUT2D eigenvalue weighted by atomic mass is 14.9. The van der Waals surface area contributed by atoms with Gasteiger partial charge in [-0.25, -0.2) is 0 Å². The van der Waals surface area contributed by atoms with Gasteiger partial charge in [0.15, 0.2) is 0 Å². The van der Waals surface area contributed by atoms with Crippen molar-refractivity contribution in [2.75, 3.05) is 12.4 Å². The molecular weight excluding hydrogens is 148 g/mol. The van der Waals surface area contributed by atoms with Crippen molar-refractivity contribution in [2.24, 2.45) is 5.41 Å². The minimum absolute atomic E-state index is 0.202. The second-order valence-electron chi connectivity index (χ2n) is 3.89. The Bertz CT molecular complexity index is 410. The molecule has 2 N–H and O–H groups in total. The zero-order chi connectivity index (χ0) is 8.77. The van der Waals surface area contributed by atoms with Crippen LogP contribution >= 0.6 is 0 Å². The van der Waals surface area contributed by atoms with Gasteiger partial charge in [0, 0.05) is 29.2 Å². The Kier molecular flexibility index (Phi) is 1.34. The van der Waals surface area contributed by atoms with Crippen LogP contribution in [-0.4, -0.2) is 12.0 Å². The Morgan fingerprint density at radius 1 is 1.33 bits per heavy atom. The molecule has 0 amide bonds. The topological polar surface area (TPSA) is 27.8 Å². The molecule has 2 rings (SSSR count). The van der Waals surface area contributed by atoms with Crippen LogP contribution in [0.1, 0.15) is 13.8 Å². The maximum absolute atomic E-state index is 3.24. The third-order valence-electron chi connectivity index (χ3n) is 2.25. The van der Waals surface area contributed by atoms with E-state index in [2.05, 4.69) is 36.3 Å². The molecule has 64 valence electrons. The molecule has 0 fully saturated rings. The summed E-state index contributed by atoms with van der Waals surface area (Å²) in [5.74, 6) is 0. The molecule has 0 saturated carbocycles. The summed E-state index contributed by atoms with van der Waals surface area (Å²) < 4.78 is 0. The Morgan fingerprint density at radius 2 is 2.08 bits per heavy atom. The van der Waals surface area contributed by atoms with Crippen LogP contribution in [0.3, 0.4) is 0 Å². The van der Waals surface area contributed by atoms with E-state index in [1.54, 1.807) is 0 Å². The van der Waals surface area contributed by atoms with Crippen LogP contribution in [0.15, 0.2) is 6.20 Å². The normalized spacial score (nSPS) is 17.9. The zero-order valence-corrected chi connectivity index (χ0v) is 7.73. The van der Waals surface area contributed by atoms with Crippen molar-refractivity contribution in [1.82, 2.24) is 4.98 Å². The summed E-state index contributed by atoms with van der Waals surface area (Å²) in [6.07, 6.45) is 6.54. The Hall–Kier alpha value is -1.18. The molecule has 0 spiro atoms. The number of hydrogen-bond donors (Lipinski definition) is 2. The van der Waals surface area contributed by atoms with Gasteiger partial charge in [0.25, 0.3) is 0 Å². The van der Waals surface area contributed by atoms with Crippen molar-refractivity contribution in [3.05, 3.63) is 16.8 Å². The molecule has 0 radical (unpaired) electrons. The summed E-state index contributed by atoms with van der Waals surface area (Å²) in [5, 5.41) is 5.71. The third-order valence-corrected chi connectivity index (χ3v) is 2.25. The second-order valence-corrected chi connectivity index (χ2v) is 3.89. The number of H-pyrrole nitrogens is 1. The van der Waals surface area contributed by atoms with E-state index in [0.29, 0.717) is 0 Å². The fraction of sp³-hybridized carbons (Fsp3) is 0.400. The predicted octanol–water partition coefficient (Wildman–Crippen LogP) is 0.657. The first-order valence-corrected chi connectivity index (χ1v) is 4.23. The first-order valence-electron chi connectivity index (χ1n) is 4.23. The van der Waals surface area contributed by atoms with E-state index in [1.807, 2.05) is 13.2 Å². The number of anilines is 1. The number of fused-ring (bicyclic) bond motifs is 1. The Labute approximate surface area is 72.0 Å². The van der Waals surface area contributed by atoms with E-state index in [4.69, 9.17) is 0 Å². The highest BCUT2D eigenvalue weighted by molar-refractivity contribution is 5.61. The van der Waals surface area contributed by atoms with Crippen molar-refractivity contribution >= 4 is 17.8 Å². The van der Waals surface area contributed by atoms with Crippen LogP contribution in [0.2, 0.25) is 0 Å². The summed E-state index contributed by atoms with van der Waals surface area (Å²) in [7, 11) is 1.95. The minimum Gasteiger partial charge on any atom is -0.386 e. The molecule has 0 unspecified atom stereocenters. The smallest absolute Gasteiger partial charge is 0.0592 e. The SMILES string of the molecule is CNc1c[nH]c2c1=CC(C)(C)C=2. The van der Waals surface area contributed by atoms with Gasteiger partial charge in [0.1, 0.15) is 0 Å². The fourth-order valence-corrected chi connectivity index (χ4v) is 1.72. The first kappa shape index (κ1) is 7.47. The third kappa shape index (κ3) is 0.951. The summed E-state index contributed by atoms with van der Waals surface area (Å²) in [6.45, 7) is 4.42. The highest BCUT2D eigenvalue weighted by Crippen LogP contribution is 2.21. The van der Waals surface area contributed by atoms with Crippen LogP contribution in [-0.2, 0) is 0 Å². The lowest BCUT2D eigenvalue weighted by Gasteiger charge is -2.09. The highest BCUT2D eigenvalue weighted by Gasteiger charge is 2.16. The zero-order valence-electron chi connectivity index (χ0n) is 7.73. The molecule has 0 saturated heterocycles. The number of rotatable bonds is 1. The summed E-state index contributed by atoms with van der Waals surface area (Å²) in [5.41, 5.74) is 1.39. The summed E-state index contributed by atoms with van der Waals surface area (Å²) in [6, 6.07) is 0. The maximum Gasteiger partial charge on any atom is 0.0592 e. The van der Waals surface area contributed by atoms with Gasteiger partial charge in [-0.3, -0.25) is 0 Å². The molecule has 0 atom stereocenters. The maximum atomic E-state index is 3.24. The molecule has 1 aliphatic rings. The van der Waals surface area contributed by atoms with Gasteiger partial charge < -0.3 is 10.3 Å². The van der Waals surface area contributed by atoms with Gasteiger partial charge in [0.05, 0.1) is 5.69 Å². The van der Waals surface area contributed by atoms with Gasteiger partial charge in [-0.05, 0) is 0 Å². The van der Waals surface area contributed by atoms with E-state index >= 15 is 0 Å². The number of aromatic nitrogens is 1. The standard InChI is InChI=1S/C10H14N2/c1-10(2)4-7-8(5-10)12-6-9(7)11-3/h4-6,11-12H,1-3H3. The Morgan fingerprint density at radius 3 is 2.75 bits per heavy atom. The molecule has 1 aromatic heterocycles. The van der Waals surface area contributed by atoms with Crippen LogP contribution in [0.25, 0.3) is 12.2 Å². The van der Waals surface area contributed by atoms with Crippen LogP contribution in [0.5, 0.6) is 0 Å². The molecule has 1 aromatic rings. The van der Waals surface area contributed by atoms with Crippen LogP contribution < -0.4 is 15.9 Å². The van der Waals surface area contributed by atoms with Crippen molar-refractivity contribution in [3.8, 4) is 0 Å². The number of hydrogen-bond acceptors (Lipinski definition) is 1. The van der Waals surface area contributed by atoms with Gasteiger partial charge in [0.2, 0.25) is 0 Å². The minimum atomic E-state index is 0.202.